The predicted molar refractivity (Wildman–Crippen MR) is 226 cm³/mol. The molecule has 1 aliphatic rings. The van der Waals surface area contributed by atoms with Gasteiger partial charge in [0.1, 0.15) is 0 Å². The molecule has 0 heterocycles. The summed E-state index contributed by atoms with van der Waals surface area (Å²) in [5.41, 5.74) is 11.9. The fraction of sp³-hybridized carbons (Fsp3) is 0.0588. The van der Waals surface area contributed by atoms with Crippen LogP contribution >= 0.6 is 0 Å². The number of hydrogen-bond acceptors (Lipinski definition) is 2. The lowest BCUT2D eigenvalue weighted by Gasteiger charge is -2.28. The minimum atomic E-state index is -0.0838. The van der Waals surface area contributed by atoms with Crippen molar-refractivity contribution in [1.29, 1.82) is 0 Å². The quantitative estimate of drug-likeness (QED) is 0.155. The van der Waals surface area contributed by atoms with E-state index in [0.717, 1.165) is 28.4 Å². The minimum absolute atomic E-state index is 0.0838. The van der Waals surface area contributed by atoms with E-state index in [-0.39, 0.29) is 5.41 Å². The van der Waals surface area contributed by atoms with Gasteiger partial charge in [-0.2, -0.15) is 0 Å². The van der Waals surface area contributed by atoms with E-state index in [4.69, 9.17) is 0 Å². The molecule has 9 aromatic carbocycles. The van der Waals surface area contributed by atoms with Gasteiger partial charge < -0.3 is 9.80 Å². The third-order valence-electron chi connectivity index (χ3n) is 11.2. The van der Waals surface area contributed by atoms with Gasteiger partial charge in [-0.05, 0) is 116 Å². The van der Waals surface area contributed by atoms with Crippen molar-refractivity contribution < 1.29 is 0 Å². The van der Waals surface area contributed by atoms with Gasteiger partial charge in [-0.1, -0.05) is 141 Å². The highest BCUT2D eigenvalue weighted by Gasteiger charge is 2.34. The molecule has 0 aromatic heterocycles. The van der Waals surface area contributed by atoms with Gasteiger partial charge in [-0.25, -0.2) is 0 Å². The molecule has 0 radical (unpaired) electrons. The molecule has 0 fully saturated rings. The molecule has 9 aromatic rings. The highest BCUT2D eigenvalue weighted by molar-refractivity contribution is 6.16. The molecule has 0 unspecified atom stereocenters. The third kappa shape index (κ3) is 5.10. The molecule has 252 valence electrons. The van der Waals surface area contributed by atoms with Crippen LogP contribution in [0.3, 0.4) is 0 Å². The molecule has 0 atom stereocenters. The molecule has 0 aliphatic heterocycles. The molecule has 53 heavy (non-hydrogen) atoms. The zero-order valence-corrected chi connectivity index (χ0v) is 29.9. The van der Waals surface area contributed by atoms with Crippen LogP contribution in [0.1, 0.15) is 25.0 Å². The van der Waals surface area contributed by atoms with E-state index in [1.54, 1.807) is 0 Å². The monoisotopic (exact) mass is 678 g/mol. The van der Waals surface area contributed by atoms with E-state index in [2.05, 4.69) is 218 Å². The molecule has 0 amide bonds. The molecule has 0 spiro atoms. The second kappa shape index (κ2) is 12.3. The summed E-state index contributed by atoms with van der Waals surface area (Å²) < 4.78 is 0. The van der Waals surface area contributed by atoms with Gasteiger partial charge in [0, 0.05) is 39.2 Å². The van der Waals surface area contributed by atoms with Crippen LogP contribution in [0.4, 0.5) is 34.1 Å². The molecule has 0 saturated carbocycles. The third-order valence-corrected chi connectivity index (χ3v) is 11.2. The Kier molecular flexibility index (Phi) is 7.19. The smallest absolute Gasteiger partial charge is 0.0540 e. The van der Waals surface area contributed by atoms with Crippen LogP contribution in [0.2, 0.25) is 0 Å². The Hall–Kier alpha value is -6.64. The lowest BCUT2D eigenvalue weighted by atomic mass is 9.81. The summed E-state index contributed by atoms with van der Waals surface area (Å²) in [4.78, 5) is 4.75. The normalized spacial score (nSPS) is 12.9. The molecule has 0 saturated heterocycles. The Morgan fingerprint density at radius 2 is 0.849 bits per heavy atom. The van der Waals surface area contributed by atoms with E-state index in [9.17, 15) is 0 Å². The average Bonchev–Trinajstić information content (AvgIpc) is 3.45. The average molecular weight is 679 g/mol. The molecule has 10 rings (SSSR count). The maximum Gasteiger partial charge on any atom is 0.0540 e. The summed E-state index contributed by atoms with van der Waals surface area (Å²) in [6, 6.07) is 70.6. The minimum Gasteiger partial charge on any atom is -0.310 e. The summed E-state index contributed by atoms with van der Waals surface area (Å²) >= 11 is 0. The van der Waals surface area contributed by atoms with Crippen molar-refractivity contribution >= 4 is 66.4 Å². The van der Waals surface area contributed by atoms with Crippen LogP contribution < -0.4 is 9.80 Å². The van der Waals surface area contributed by atoms with Gasteiger partial charge in [0.15, 0.2) is 0 Å². The van der Waals surface area contributed by atoms with Gasteiger partial charge in [-0.3, -0.25) is 0 Å². The topological polar surface area (TPSA) is 6.48 Å². The van der Waals surface area contributed by atoms with Crippen LogP contribution in [0, 0.1) is 0 Å². The first kappa shape index (κ1) is 31.1. The standard InChI is InChI=1S/C51H38N2/c1-51(2)46-21-11-15-38-23-24-39-33-44(34-47(51)50(39)49(38)46)52(40-16-5-3-6-17-40)42-29-25-35(26-30-42)36-27-31-43(32-28-36)53(41-18-7-4-8-19-41)48-22-12-14-37-13-9-10-20-45(37)48/h3-34H,1-2H3. The number of para-hydroxylation sites is 2. The van der Waals surface area contributed by atoms with Gasteiger partial charge in [0.25, 0.3) is 0 Å². The van der Waals surface area contributed by atoms with E-state index in [0.29, 0.717) is 0 Å². The second-order valence-corrected chi connectivity index (χ2v) is 14.6. The van der Waals surface area contributed by atoms with Crippen LogP contribution in [0.5, 0.6) is 0 Å². The van der Waals surface area contributed by atoms with Crippen LogP contribution in [0.25, 0.3) is 43.4 Å². The lowest BCUT2D eigenvalue weighted by molar-refractivity contribution is 0.663. The van der Waals surface area contributed by atoms with Gasteiger partial charge >= 0.3 is 0 Å². The molecule has 2 nitrogen and oxygen atoms in total. The fourth-order valence-electron chi connectivity index (χ4n) is 8.55. The highest BCUT2D eigenvalue weighted by Crippen LogP contribution is 2.51. The van der Waals surface area contributed by atoms with Crippen molar-refractivity contribution in [3.63, 3.8) is 0 Å². The number of hydrogen-bond donors (Lipinski definition) is 0. The summed E-state index contributed by atoms with van der Waals surface area (Å²) in [6.45, 7) is 4.74. The largest absolute Gasteiger partial charge is 0.310 e. The van der Waals surface area contributed by atoms with E-state index in [1.807, 2.05) is 0 Å². The predicted octanol–water partition coefficient (Wildman–Crippen LogP) is 14.4. The molecule has 0 N–H and O–H groups in total. The highest BCUT2D eigenvalue weighted by atomic mass is 15.1. The maximum atomic E-state index is 2.43. The van der Waals surface area contributed by atoms with Crippen molar-refractivity contribution in [3.05, 3.63) is 205 Å². The summed E-state index contributed by atoms with van der Waals surface area (Å²) in [7, 11) is 0. The Balaban J connectivity index is 1.03. The van der Waals surface area contributed by atoms with Crippen molar-refractivity contribution in [2.75, 3.05) is 9.80 Å². The van der Waals surface area contributed by atoms with Crippen LogP contribution in [-0.2, 0) is 5.41 Å². The molecule has 2 heteroatoms. The number of nitrogens with zero attached hydrogens (tertiary/aromatic N) is 2. The molecule has 0 bridgehead atoms. The maximum absolute atomic E-state index is 2.43. The Morgan fingerprint density at radius 1 is 0.340 bits per heavy atom. The van der Waals surface area contributed by atoms with Crippen molar-refractivity contribution in [3.8, 4) is 11.1 Å². The zero-order valence-electron chi connectivity index (χ0n) is 29.9. The van der Waals surface area contributed by atoms with Crippen LogP contribution in [-0.4, -0.2) is 0 Å². The first-order valence-electron chi connectivity index (χ1n) is 18.4. The molecular formula is C51H38N2. The Labute approximate surface area is 310 Å². The Bertz CT molecular complexity index is 2780. The first-order valence-corrected chi connectivity index (χ1v) is 18.4. The fourth-order valence-corrected chi connectivity index (χ4v) is 8.55. The summed E-state index contributed by atoms with van der Waals surface area (Å²) in [6.07, 6.45) is 0. The van der Waals surface area contributed by atoms with Gasteiger partial charge in [0.05, 0.1) is 5.69 Å². The summed E-state index contributed by atoms with van der Waals surface area (Å²) in [5, 5.41) is 7.86. The van der Waals surface area contributed by atoms with E-state index >= 15 is 0 Å². The van der Waals surface area contributed by atoms with Crippen LogP contribution in [0.15, 0.2) is 194 Å². The number of fused-ring (bicyclic) bond motifs is 1. The SMILES string of the molecule is CC1(C)c2cccc3ccc4cc(N(c5ccccc5)c5ccc(-c6ccc(N(c7ccccc7)c7cccc8ccccc78)cc6)cc5)cc1c4c23. The Morgan fingerprint density at radius 3 is 1.55 bits per heavy atom. The zero-order chi connectivity index (χ0) is 35.5. The number of anilines is 6. The number of rotatable bonds is 7. The van der Waals surface area contributed by atoms with Crippen molar-refractivity contribution in [1.82, 2.24) is 0 Å². The first-order chi connectivity index (χ1) is 26.0. The van der Waals surface area contributed by atoms with Gasteiger partial charge in [-0.15, -0.1) is 0 Å². The lowest BCUT2D eigenvalue weighted by Crippen LogP contribution is -2.16. The van der Waals surface area contributed by atoms with E-state index < -0.39 is 0 Å². The molecule has 1 aliphatic carbocycles. The summed E-state index contributed by atoms with van der Waals surface area (Å²) in [5.74, 6) is 0. The molecular weight excluding hydrogens is 641 g/mol. The van der Waals surface area contributed by atoms with E-state index in [1.165, 1.54) is 60.3 Å². The number of benzene rings is 9. The van der Waals surface area contributed by atoms with Crippen molar-refractivity contribution in [2.24, 2.45) is 0 Å². The second-order valence-electron chi connectivity index (χ2n) is 14.6. The van der Waals surface area contributed by atoms with Crippen molar-refractivity contribution in [2.45, 2.75) is 19.3 Å². The van der Waals surface area contributed by atoms with Gasteiger partial charge in [0.2, 0.25) is 0 Å².